The van der Waals surface area contributed by atoms with Gasteiger partial charge in [-0.15, -0.1) is 0 Å². The summed E-state index contributed by atoms with van der Waals surface area (Å²) in [7, 11) is 0. The molecule has 0 saturated heterocycles. The first-order valence-electron chi connectivity index (χ1n) is 8.51. The number of carbonyl (C=O) groups excluding carboxylic acids is 1. The van der Waals surface area contributed by atoms with Crippen LogP contribution in [0.2, 0.25) is 0 Å². The van der Waals surface area contributed by atoms with Crippen LogP contribution in [-0.2, 0) is 4.79 Å². The Hall–Kier alpha value is -3.38. The minimum Gasteiger partial charge on any atom is -0.422 e. The van der Waals surface area contributed by atoms with Crippen molar-refractivity contribution in [1.82, 2.24) is 0 Å². The number of hydrogen-bond acceptors (Lipinski definition) is 3. The van der Waals surface area contributed by atoms with Gasteiger partial charge in [-0.1, -0.05) is 74.5 Å². The van der Waals surface area contributed by atoms with Crippen LogP contribution in [-0.4, -0.2) is 5.97 Å². The summed E-state index contributed by atoms with van der Waals surface area (Å²) in [4.78, 5) is 12.1. The number of allylic oxidation sites excluding steroid dienone is 1. The largest absolute Gasteiger partial charge is 0.422 e. The molecule has 0 fully saturated rings. The van der Waals surface area contributed by atoms with Crippen molar-refractivity contribution >= 4 is 16.7 Å². The van der Waals surface area contributed by atoms with E-state index in [1.165, 1.54) is 10.8 Å². The summed E-state index contributed by atoms with van der Waals surface area (Å²) in [5.74, 6) is -0.103. The molecule has 0 N–H and O–H groups in total. The molecular formula is C23H19NO2. The van der Waals surface area contributed by atoms with Crippen LogP contribution in [0.1, 0.15) is 13.8 Å². The molecule has 0 aromatic heterocycles. The number of nitrogens with zero attached hydrogens (tertiary/aromatic N) is 1. The zero-order chi connectivity index (χ0) is 18.5. The van der Waals surface area contributed by atoms with Crippen molar-refractivity contribution in [1.29, 1.82) is 5.26 Å². The van der Waals surface area contributed by atoms with Gasteiger partial charge in [0.2, 0.25) is 0 Å². The highest BCUT2D eigenvalue weighted by molar-refractivity contribution is 5.97. The van der Waals surface area contributed by atoms with E-state index in [2.05, 4.69) is 24.3 Å². The Bertz CT molecular complexity index is 1000. The topological polar surface area (TPSA) is 50.1 Å². The Balaban J connectivity index is 1.85. The number of fused-ring (bicyclic) bond motifs is 1. The fourth-order valence-corrected chi connectivity index (χ4v) is 2.83. The van der Waals surface area contributed by atoms with Crippen LogP contribution >= 0.6 is 0 Å². The first-order valence-corrected chi connectivity index (χ1v) is 8.51. The lowest BCUT2D eigenvalue weighted by Crippen LogP contribution is -2.10. The lowest BCUT2D eigenvalue weighted by Gasteiger charge is -2.08. The van der Waals surface area contributed by atoms with Gasteiger partial charge in [-0.2, -0.15) is 5.26 Å². The molecule has 0 aliphatic carbocycles. The molecule has 0 radical (unpaired) electrons. The van der Waals surface area contributed by atoms with Crippen LogP contribution in [0.5, 0.6) is 5.75 Å². The number of rotatable bonds is 4. The van der Waals surface area contributed by atoms with Crippen LogP contribution in [0, 0.1) is 17.2 Å². The summed E-state index contributed by atoms with van der Waals surface area (Å²) < 4.78 is 5.32. The van der Waals surface area contributed by atoms with Crippen LogP contribution < -0.4 is 4.74 Å². The third-order valence-corrected chi connectivity index (χ3v) is 4.01. The van der Waals surface area contributed by atoms with Gasteiger partial charge in [0.05, 0.1) is 0 Å². The molecule has 3 rings (SSSR count). The summed E-state index contributed by atoms with van der Waals surface area (Å²) in [6.45, 7) is 3.81. The molecule has 0 aliphatic rings. The van der Waals surface area contributed by atoms with Gasteiger partial charge in [0.25, 0.3) is 0 Å². The van der Waals surface area contributed by atoms with Crippen molar-refractivity contribution in [3.63, 3.8) is 0 Å². The van der Waals surface area contributed by atoms with Gasteiger partial charge in [0, 0.05) is 0 Å². The number of benzene rings is 3. The minimum absolute atomic E-state index is 0.0260. The molecule has 0 spiro atoms. The number of esters is 1. The molecule has 3 aromatic rings. The molecule has 3 nitrogen and oxygen atoms in total. The number of carbonyl (C=O) groups is 1. The van der Waals surface area contributed by atoms with E-state index >= 15 is 0 Å². The first kappa shape index (κ1) is 17.4. The highest BCUT2D eigenvalue weighted by atomic mass is 16.5. The molecule has 0 aliphatic heterocycles. The lowest BCUT2D eigenvalue weighted by atomic mass is 9.98. The van der Waals surface area contributed by atoms with E-state index in [1.54, 1.807) is 18.2 Å². The molecule has 0 heterocycles. The summed E-state index contributed by atoms with van der Waals surface area (Å²) in [6.07, 6.45) is 1.60. The van der Waals surface area contributed by atoms with Gasteiger partial charge >= 0.3 is 5.97 Å². The predicted octanol–water partition coefficient (Wildman–Crippen LogP) is 5.52. The summed E-state index contributed by atoms with van der Waals surface area (Å²) in [5.41, 5.74) is 2.19. The van der Waals surface area contributed by atoms with E-state index in [-0.39, 0.29) is 11.5 Å². The summed E-state index contributed by atoms with van der Waals surface area (Å²) in [6, 6.07) is 23.6. The zero-order valence-electron chi connectivity index (χ0n) is 14.8. The van der Waals surface area contributed by atoms with E-state index in [1.807, 2.05) is 50.2 Å². The van der Waals surface area contributed by atoms with Gasteiger partial charge in [-0.05, 0) is 39.9 Å². The van der Waals surface area contributed by atoms with Crippen LogP contribution in [0.15, 0.2) is 78.4 Å². The zero-order valence-corrected chi connectivity index (χ0v) is 14.8. The van der Waals surface area contributed by atoms with Crippen molar-refractivity contribution in [2.24, 2.45) is 5.92 Å². The number of hydrogen-bond donors (Lipinski definition) is 0. The van der Waals surface area contributed by atoms with E-state index in [4.69, 9.17) is 10.00 Å². The highest BCUT2D eigenvalue weighted by Crippen LogP contribution is 2.29. The standard InChI is InChI=1S/C23H19NO2/c1-16(2)14-19(15-24)23(25)26-20-12-10-18(11-13-20)22-9-5-7-17-6-3-4-8-21(17)22/h3-14,16H,1-2H3. The molecule has 3 heteroatoms. The van der Waals surface area contributed by atoms with Crippen molar-refractivity contribution in [3.05, 3.63) is 78.4 Å². The Labute approximate surface area is 153 Å². The monoisotopic (exact) mass is 341 g/mol. The SMILES string of the molecule is CC(C)C=C(C#N)C(=O)Oc1ccc(-c2cccc3ccccc23)cc1. The molecule has 0 bridgehead atoms. The van der Waals surface area contributed by atoms with Crippen molar-refractivity contribution < 1.29 is 9.53 Å². The number of nitriles is 1. The fourth-order valence-electron chi connectivity index (χ4n) is 2.83. The summed E-state index contributed by atoms with van der Waals surface area (Å²) >= 11 is 0. The van der Waals surface area contributed by atoms with Crippen molar-refractivity contribution in [2.75, 3.05) is 0 Å². The maximum absolute atomic E-state index is 12.1. The van der Waals surface area contributed by atoms with E-state index in [0.29, 0.717) is 5.75 Å². The highest BCUT2D eigenvalue weighted by Gasteiger charge is 2.12. The third-order valence-electron chi connectivity index (χ3n) is 4.01. The molecule has 0 atom stereocenters. The van der Waals surface area contributed by atoms with Gasteiger partial charge in [-0.25, -0.2) is 4.79 Å². The lowest BCUT2D eigenvalue weighted by molar-refractivity contribution is -0.129. The Morgan fingerprint density at radius 1 is 1.00 bits per heavy atom. The molecule has 26 heavy (non-hydrogen) atoms. The van der Waals surface area contributed by atoms with Gasteiger partial charge in [-0.3, -0.25) is 0 Å². The fraction of sp³-hybridized carbons (Fsp3) is 0.130. The van der Waals surface area contributed by atoms with Gasteiger partial charge in [0.1, 0.15) is 17.4 Å². The van der Waals surface area contributed by atoms with Gasteiger partial charge in [0.15, 0.2) is 0 Å². The molecule has 0 amide bonds. The maximum Gasteiger partial charge on any atom is 0.353 e. The second-order valence-corrected chi connectivity index (χ2v) is 6.38. The summed E-state index contributed by atoms with van der Waals surface area (Å²) in [5, 5.41) is 11.4. The molecule has 0 saturated carbocycles. The normalized spacial score (nSPS) is 11.4. The van der Waals surface area contributed by atoms with Crippen LogP contribution in [0.4, 0.5) is 0 Å². The molecular weight excluding hydrogens is 322 g/mol. The predicted molar refractivity (Wildman–Crippen MR) is 104 cm³/mol. The van der Waals surface area contributed by atoms with Crippen molar-refractivity contribution in [2.45, 2.75) is 13.8 Å². The van der Waals surface area contributed by atoms with E-state index < -0.39 is 5.97 Å². The van der Waals surface area contributed by atoms with Crippen LogP contribution in [0.3, 0.4) is 0 Å². The molecule has 3 aromatic carbocycles. The minimum atomic E-state index is -0.626. The number of ether oxygens (including phenoxy) is 1. The second-order valence-electron chi connectivity index (χ2n) is 6.38. The maximum atomic E-state index is 12.1. The Kier molecular flexibility index (Phi) is 5.15. The van der Waals surface area contributed by atoms with Crippen molar-refractivity contribution in [3.8, 4) is 22.9 Å². The molecule has 0 unspecified atom stereocenters. The van der Waals surface area contributed by atoms with E-state index in [0.717, 1.165) is 11.1 Å². The van der Waals surface area contributed by atoms with Crippen LogP contribution in [0.25, 0.3) is 21.9 Å². The third kappa shape index (κ3) is 3.81. The quantitative estimate of drug-likeness (QED) is 0.272. The molecule has 128 valence electrons. The van der Waals surface area contributed by atoms with Gasteiger partial charge < -0.3 is 4.74 Å². The van der Waals surface area contributed by atoms with E-state index in [9.17, 15) is 4.79 Å². The Morgan fingerprint density at radius 2 is 1.69 bits per heavy atom. The average molecular weight is 341 g/mol. The smallest absolute Gasteiger partial charge is 0.353 e. The second kappa shape index (κ2) is 7.67. The first-order chi connectivity index (χ1) is 12.6. The average Bonchev–Trinajstić information content (AvgIpc) is 2.66. The Morgan fingerprint density at radius 3 is 2.38 bits per heavy atom.